The van der Waals surface area contributed by atoms with E-state index in [-0.39, 0.29) is 38.6 Å². The summed E-state index contributed by atoms with van der Waals surface area (Å²) in [5.74, 6) is -1.33. The molecule has 2 amide bonds. The zero-order chi connectivity index (χ0) is 27.5. The molecular weight excluding hydrogens is 484 g/mol. The van der Waals surface area contributed by atoms with E-state index in [2.05, 4.69) is 5.32 Å². The minimum atomic E-state index is -1.50. The van der Waals surface area contributed by atoms with E-state index in [0.717, 1.165) is 21.9 Å². The molecule has 8 heteroatoms. The monoisotopic (exact) mass is 520 g/mol. The van der Waals surface area contributed by atoms with Gasteiger partial charge >= 0.3 is 18.0 Å². The molecule has 0 spiro atoms. The summed E-state index contributed by atoms with van der Waals surface area (Å²) < 4.78 is 10.4. The number of nitrogens with zero attached hydrogens (tertiary/aromatic N) is 1. The fourth-order valence-electron chi connectivity index (χ4n) is 4.07. The average molecular weight is 521 g/mol. The van der Waals surface area contributed by atoms with Crippen molar-refractivity contribution in [2.45, 2.75) is 45.9 Å². The normalized spacial score (nSPS) is 12.6. The largest absolute Gasteiger partial charge is 0.464 e. The van der Waals surface area contributed by atoms with E-state index >= 15 is 0 Å². The first-order chi connectivity index (χ1) is 18.3. The SMILES string of the molecule is CCOC(=O)[C@@H](O)CN(CC(C)C)C(=O)N[C@@H](Cc1ccc2ccccc2c1)C(=O)OCc1ccccc1. The highest BCUT2D eigenvalue weighted by Crippen LogP contribution is 2.17. The topological polar surface area (TPSA) is 105 Å². The average Bonchev–Trinajstić information content (AvgIpc) is 2.91. The van der Waals surface area contributed by atoms with Gasteiger partial charge in [0, 0.05) is 13.0 Å². The van der Waals surface area contributed by atoms with Crippen molar-refractivity contribution in [3.63, 3.8) is 0 Å². The Labute approximate surface area is 223 Å². The van der Waals surface area contributed by atoms with Gasteiger partial charge in [-0.1, -0.05) is 86.6 Å². The molecule has 0 heterocycles. The summed E-state index contributed by atoms with van der Waals surface area (Å²) in [5.41, 5.74) is 1.68. The van der Waals surface area contributed by atoms with Gasteiger partial charge in [0.25, 0.3) is 0 Å². The first kappa shape index (κ1) is 28.7. The van der Waals surface area contributed by atoms with E-state index in [0.29, 0.717) is 0 Å². The van der Waals surface area contributed by atoms with Crippen LogP contribution in [0.4, 0.5) is 4.79 Å². The van der Waals surface area contributed by atoms with Crippen LogP contribution in [0.2, 0.25) is 0 Å². The van der Waals surface area contributed by atoms with Crippen molar-refractivity contribution >= 4 is 28.7 Å². The molecule has 0 aliphatic carbocycles. The van der Waals surface area contributed by atoms with Crippen LogP contribution in [0.25, 0.3) is 10.8 Å². The minimum absolute atomic E-state index is 0.0547. The quantitative estimate of drug-likeness (QED) is 0.349. The second-order valence-corrected chi connectivity index (χ2v) is 9.55. The first-order valence-corrected chi connectivity index (χ1v) is 12.8. The third-order valence-corrected chi connectivity index (χ3v) is 5.88. The molecule has 0 unspecified atom stereocenters. The highest BCUT2D eigenvalue weighted by atomic mass is 16.5. The van der Waals surface area contributed by atoms with Crippen LogP contribution in [0.5, 0.6) is 0 Å². The molecule has 0 fully saturated rings. The molecular formula is C30H36N2O6. The molecule has 3 aromatic rings. The van der Waals surface area contributed by atoms with Crippen molar-refractivity contribution in [1.29, 1.82) is 0 Å². The summed E-state index contributed by atoms with van der Waals surface area (Å²) in [7, 11) is 0. The Balaban J connectivity index is 1.79. The maximum Gasteiger partial charge on any atom is 0.336 e. The summed E-state index contributed by atoms with van der Waals surface area (Å²) in [4.78, 5) is 39.8. The number of carbonyl (C=O) groups excluding carboxylic acids is 3. The van der Waals surface area contributed by atoms with Crippen molar-refractivity contribution in [3.05, 3.63) is 83.9 Å². The highest BCUT2D eigenvalue weighted by molar-refractivity contribution is 5.86. The van der Waals surface area contributed by atoms with Crippen LogP contribution >= 0.6 is 0 Å². The van der Waals surface area contributed by atoms with Crippen molar-refractivity contribution in [2.24, 2.45) is 5.92 Å². The summed E-state index contributed by atoms with van der Waals surface area (Å²) >= 11 is 0. The molecule has 0 bridgehead atoms. The Morgan fingerprint density at radius 3 is 2.21 bits per heavy atom. The lowest BCUT2D eigenvalue weighted by Gasteiger charge is -2.28. The predicted octanol–water partition coefficient (Wildman–Crippen LogP) is 4.09. The van der Waals surface area contributed by atoms with Gasteiger partial charge in [0.15, 0.2) is 6.10 Å². The first-order valence-electron chi connectivity index (χ1n) is 12.8. The molecule has 0 saturated heterocycles. The van der Waals surface area contributed by atoms with Gasteiger partial charge in [-0.05, 0) is 34.7 Å². The lowest BCUT2D eigenvalue weighted by Crippen LogP contribution is -2.52. The fourth-order valence-corrected chi connectivity index (χ4v) is 4.07. The number of fused-ring (bicyclic) bond motifs is 1. The van der Waals surface area contributed by atoms with E-state index in [1.807, 2.05) is 86.6 Å². The Kier molecular flexibility index (Phi) is 10.7. The number of nitrogens with one attached hydrogen (secondary N) is 1. The van der Waals surface area contributed by atoms with Gasteiger partial charge in [-0.3, -0.25) is 0 Å². The third-order valence-electron chi connectivity index (χ3n) is 5.88. The van der Waals surface area contributed by atoms with Crippen molar-refractivity contribution in [2.75, 3.05) is 19.7 Å². The minimum Gasteiger partial charge on any atom is -0.464 e. The maximum atomic E-state index is 13.3. The molecule has 0 aliphatic rings. The second-order valence-electron chi connectivity index (χ2n) is 9.55. The zero-order valence-corrected chi connectivity index (χ0v) is 22.1. The number of esters is 2. The Morgan fingerprint density at radius 1 is 0.842 bits per heavy atom. The molecule has 2 atom stereocenters. The molecule has 0 saturated carbocycles. The number of aliphatic hydroxyl groups is 1. The van der Waals surface area contributed by atoms with Crippen LogP contribution in [-0.4, -0.2) is 59.8 Å². The summed E-state index contributed by atoms with van der Waals surface area (Å²) in [6.07, 6.45) is -1.29. The smallest absolute Gasteiger partial charge is 0.336 e. The number of hydrogen-bond donors (Lipinski definition) is 2. The van der Waals surface area contributed by atoms with Crippen LogP contribution in [0, 0.1) is 5.92 Å². The molecule has 0 radical (unpaired) electrons. The van der Waals surface area contributed by atoms with Crippen molar-refractivity contribution in [1.82, 2.24) is 10.2 Å². The number of carbonyl (C=O) groups is 3. The Bertz CT molecular complexity index is 1210. The predicted molar refractivity (Wildman–Crippen MR) is 145 cm³/mol. The maximum absolute atomic E-state index is 13.3. The van der Waals surface area contributed by atoms with Gasteiger partial charge < -0.3 is 24.8 Å². The third kappa shape index (κ3) is 8.59. The van der Waals surface area contributed by atoms with E-state index < -0.39 is 30.1 Å². The number of amides is 2. The molecule has 38 heavy (non-hydrogen) atoms. The van der Waals surface area contributed by atoms with Gasteiger partial charge in [0.05, 0.1) is 13.2 Å². The summed E-state index contributed by atoms with van der Waals surface area (Å²) in [5, 5.41) is 15.2. The molecule has 0 aliphatic heterocycles. The number of benzene rings is 3. The van der Waals surface area contributed by atoms with Crippen molar-refractivity contribution < 1.29 is 29.0 Å². The van der Waals surface area contributed by atoms with Crippen LogP contribution in [-0.2, 0) is 32.1 Å². The molecule has 8 nitrogen and oxygen atoms in total. The van der Waals surface area contributed by atoms with Crippen LogP contribution in [0.1, 0.15) is 31.9 Å². The molecule has 3 rings (SSSR count). The lowest BCUT2D eigenvalue weighted by molar-refractivity contribution is -0.153. The van der Waals surface area contributed by atoms with Gasteiger partial charge in [-0.2, -0.15) is 0 Å². The summed E-state index contributed by atoms with van der Waals surface area (Å²) in [6.45, 7) is 5.67. The Hall–Kier alpha value is -3.91. The molecule has 202 valence electrons. The van der Waals surface area contributed by atoms with Gasteiger partial charge in [0.2, 0.25) is 0 Å². The number of urea groups is 1. The number of rotatable bonds is 12. The molecule has 2 N–H and O–H groups in total. The van der Waals surface area contributed by atoms with Crippen LogP contribution in [0.3, 0.4) is 0 Å². The Morgan fingerprint density at radius 2 is 1.53 bits per heavy atom. The number of aliphatic hydroxyl groups excluding tert-OH is 1. The standard InChI is InChI=1S/C30H36N2O6/c1-4-37-29(35)27(33)19-32(18-21(2)3)30(36)31-26(28(34)38-20-22-10-6-5-7-11-22)17-23-14-15-24-12-8-9-13-25(24)16-23/h5-16,21,26-27,33H,4,17-20H2,1-3H3,(H,31,36)/t26-,27-/m0/s1. The number of ether oxygens (including phenoxy) is 2. The van der Waals surface area contributed by atoms with E-state index in [4.69, 9.17) is 9.47 Å². The van der Waals surface area contributed by atoms with Gasteiger partial charge in [0.1, 0.15) is 12.6 Å². The second kappa shape index (κ2) is 14.1. The molecule has 0 aromatic heterocycles. The van der Waals surface area contributed by atoms with Gasteiger partial charge in [-0.15, -0.1) is 0 Å². The van der Waals surface area contributed by atoms with E-state index in [1.54, 1.807) is 6.92 Å². The highest BCUT2D eigenvalue weighted by Gasteiger charge is 2.29. The number of hydrogen-bond acceptors (Lipinski definition) is 6. The lowest BCUT2D eigenvalue weighted by atomic mass is 10.0. The van der Waals surface area contributed by atoms with E-state index in [1.165, 1.54) is 4.90 Å². The summed E-state index contributed by atoms with van der Waals surface area (Å²) in [6, 6.07) is 21.5. The molecule has 3 aromatic carbocycles. The fraction of sp³-hybridized carbons (Fsp3) is 0.367. The van der Waals surface area contributed by atoms with E-state index in [9.17, 15) is 19.5 Å². The van der Waals surface area contributed by atoms with Crippen LogP contribution in [0.15, 0.2) is 72.8 Å². The zero-order valence-electron chi connectivity index (χ0n) is 22.1. The van der Waals surface area contributed by atoms with Gasteiger partial charge in [-0.25, -0.2) is 14.4 Å². The van der Waals surface area contributed by atoms with Crippen molar-refractivity contribution in [3.8, 4) is 0 Å². The van der Waals surface area contributed by atoms with Crippen LogP contribution < -0.4 is 5.32 Å².